The number of furan rings is 1. The lowest BCUT2D eigenvalue weighted by molar-refractivity contribution is 0.316. The summed E-state index contributed by atoms with van der Waals surface area (Å²) in [5.41, 5.74) is 2.08. The van der Waals surface area contributed by atoms with Crippen molar-refractivity contribution in [3.05, 3.63) is 24.1 Å². The maximum Gasteiger partial charge on any atom is 0.224 e. The molecule has 0 N–H and O–H groups in total. The van der Waals surface area contributed by atoms with Crippen LogP contribution in [0.4, 0.5) is 0 Å². The highest BCUT2D eigenvalue weighted by molar-refractivity contribution is 5.85. The van der Waals surface area contributed by atoms with Gasteiger partial charge in [0.15, 0.2) is 0 Å². The van der Waals surface area contributed by atoms with E-state index in [0.717, 1.165) is 17.5 Å². The zero-order valence-electron chi connectivity index (χ0n) is 10.1. The van der Waals surface area contributed by atoms with Crippen molar-refractivity contribution in [3.63, 3.8) is 0 Å². The molecule has 1 fully saturated rings. The molecule has 4 heteroatoms. The predicted octanol–water partition coefficient (Wildman–Crippen LogP) is 2.60. The Kier molecular flexibility index (Phi) is 2.52. The molecule has 2 aromatic rings. The third-order valence-corrected chi connectivity index (χ3v) is 3.55. The molecule has 0 radical (unpaired) electrons. The quantitative estimate of drug-likeness (QED) is 0.797. The first-order valence-electron chi connectivity index (χ1n) is 5.91. The Morgan fingerprint density at radius 2 is 2.41 bits per heavy atom. The van der Waals surface area contributed by atoms with Gasteiger partial charge in [0.1, 0.15) is 5.58 Å². The van der Waals surface area contributed by atoms with Crippen LogP contribution in [0.15, 0.2) is 22.9 Å². The highest BCUT2D eigenvalue weighted by Crippen LogP contribution is 2.36. The summed E-state index contributed by atoms with van der Waals surface area (Å²) in [4.78, 5) is 6.72. The van der Waals surface area contributed by atoms with Crippen LogP contribution in [0.25, 0.3) is 11.0 Å². The maximum atomic E-state index is 5.61. The molecule has 0 saturated carbocycles. The van der Waals surface area contributed by atoms with Crippen LogP contribution in [-0.4, -0.2) is 30.6 Å². The van der Waals surface area contributed by atoms with Gasteiger partial charge in [-0.2, -0.15) is 0 Å². The SMILES string of the molecule is COc1ncc([C@@H]2CCCN2C)c2occc12. The van der Waals surface area contributed by atoms with E-state index in [4.69, 9.17) is 9.15 Å². The van der Waals surface area contributed by atoms with Gasteiger partial charge in [-0.25, -0.2) is 4.98 Å². The van der Waals surface area contributed by atoms with Crippen molar-refractivity contribution >= 4 is 11.0 Å². The highest BCUT2D eigenvalue weighted by atomic mass is 16.5. The molecular formula is C13H16N2O2. The molecule has 0 aromatic carbocycles. The zero-order chi connectivity index (χ0) is 11.8. The molecule has 1 saturated heterocycles. The molecule has 1 aliphatic heterocycles. The maximum absolute atomic E-state index is 5.61. The Bertz CT molecular complexity index is 535. The molecule has 0 amide bonds. The molecule has 17 heavy (non-hydrogen) atoms. The van der Waals surface area contributed by atoms with Crippen LogP contribution in [0.3, 0.4) is 0 Å². The Balaban J connectivity index is 2.14. The van der Waals surface area contributed by atoms with E-state index in [1.807, 2.05) is 12.3 Å². The number of ether oxygens (including phenoxy) is 1. The number of rotatable bonds is 2. The van der Waals surface area contributed by atoms with Gasteiger partial charge in [0, 0.05) is 17.8 Å². The van der Waals surface area contributed by atoms with Crippen LogP contribution in [0.2, 0.25) is 0 Å². The van der Waals surface area contributed by atoms with Crippen molar-refractivity contribution in [1.82, 2.24) is 9.88 Å². The van der Waals surface area contributed by atoms with Gasteiger partial charge in [0.05, 0.1) is 18.8 Å². The zero-order valence-corrected chi connectivity index (χ0v) is 10.1. The minimum Gasteiger partial charge on any atom is -0.480 e. The van der Waals surface area contributed by atoms with Crippen LogP contribution in [0, 0.1) is 0 Å². The summed E-state index contributed by atoms with van der Waals surface area (Å²) in [7, 11) is 3.78. The first-order valence-corrected chi connectivity index (χ1v) is 5.91. The Morgan fingerprint density at radius 1 is 1.53 bits per heavy atom. The summed E-state index contributed by atoms with van der Waals surface area (Å²) >= 11 is 0. The van der Waals surface area contributed by atoms with Crippen molar-refractivity contribution < 1.29 is 9.15 Å². The van der Waals surface area contributed by atoms with Crippen LogP contribution < -0.4 is 4.74 Å². The van der Waals surface area contributed by atoms with Gasteiger partial charge in [0.2, 0.25) is 5.88 Å². The normalized spacial score (nSPS) is 21.2. The number of hydrogen-bond donors (Lipinski definition) is 0. The predicted molar refractivity (Wildman–Crippen MR) is 65.2 cm³/mol. The minimum atomic E-state index is 0.419. The molecule has 2 aromatic heterocycles. The van der Waals surface area contributed by atoms with Crippen molar-refractivity contribution in [3.8, 4) is 5.88 Å². The summed E-state index contributed by atoms with van der Waals surface area (Å²) in [6, 6.07) is 2.33. The van der Waals surface area contributed by atoms with Gasteiger partial charge in [-0.3, -0.25) is 4.90 Å². The number of hydrogen-bond acceptors (Lipinski definition) is 4. The van der Waals surface area contributed by atoms with Gasteiger partial charge >= 0.3 is 0 Å². The lowest BCUT2D eigenvalue weighted by atomic mass is 10.1. The van der Waals surface area contributed by atoms with E-state index in [1.165, 1.54) is 18.4 Å². The van der Waals surface area contributed by atoms with Crippen LogP contribution >= 0.6 is 0 Å². The fourth-order valence-electron chi connectivity index (χ4n) is 2.66. The molecule has 3 heterocycles. The molecule has 3 rings (SSSR count). The number of fused-ring (bicyclic) bond motifs is 1. The van der Waals surface area contributed by atoms with E-state index in [2.05, 4.69) is 16.9 Å². The Hall–Kier alpha value is -1.55. The van der Waals surface area contributed by atoms with E-state index in [-0.39, 0.29) is 0 Å². The summed E-state index contributed by atoms with van der Waals surface area (Å²) in [6.45, 7) is 1.14. The average Bonchev–Trinajstić information content (AvgIpc) is 2.96. The van der Waals surface area contributed by atoms with Crippen molar-refractivity contribution in [2.75, 3.05) is 20.7 Å². The number of likely N-dealkylation sites (tertiary alicyclic amines) is 1. The molecule has 0 bridgehead atoms. The smallest absolute Gasteiger partial charge is 0.224 e. The molecule has 1 aliphatic rings. The monoisotopic (exact) mass is 232 g/mol. The molecule has 1 atom stereocenters. The third kappa shape index (κ3) is 1.60. The van der Waals surface area contributed by atoms with Gasteiger partial charge in [-0.1, -0.05) is 0 Å². The van der Waals surface area contributed by atoms with E-state index in [9.17, 15) is 0 Å². The van der Waals surface area contributed by atoms with Crippen molar-refractivity contribution in [2.45, 2.75) is 18.9 Å². The molecule has 0 aliphatic carbocycles. The van der Waals surface area contributed by atoms with Gasteiger partial charge < -0.3 is 9.15 Å². The van der Waals surface area contributed by atoms with Crippen LogP contribution in [-0.2, 0) is 0 Å². The highest BCUT2D eigenvalue weighted by Gasteiger charge is 2.26. The van der Waals surface area contributed by atoms with Crippen LogP contribution in [0.1, 0.15) is 24.4 Å². The second-order valence-electron chi connectivity index (χ2n) is 4.52. The number of nitrogens with zero attached hydrogens (tertiary/aromatic N) is 2. The molecule has 4 nitrogen and oxygen atoms in total. The first kappa shape index (κ1) is 10.6. The standard InChI is InChI=1S/C13H16N2O2/c1-15-6-3-4-11(15)10-8-14-13(16-2)9-5-7-17-12(9)10/h5,7-8,11H,3-4,6H2,1-2H3/t11-/m0/s1. The van der Waals surface area contributed by atoms with E-state index >= 15 is 0 Å². The van der Waals surface area contributed by atoms with Gasteiger partial charge in [0.25, 0.3) is 0 Å². The van der Waals surface area contributed by atoms with E-state index in [0.29, 0.717) is 11.9 Å². The summed E-state index contributed by atoms with van der Waals surface area (Å²) in [6.07, 6.45) is 5.99. The van der Waals surface area contributed by atoms with Gasteiger partial charge in [-0.05, 0) is 32.5 Å². The average molecular weight is 232 g/mol. The third-order valence-electron chi connectivity index (χ3n) is 3.55. The first-order chi connectivity index (χ1) is 8.31. The van der Waals surface area contributed by atoms with Crippen molar-refractivity contribution in [1.29, 1.82) is 0 Å². The Labute approximate surface area is 100 Å². The largest absolute Gasteiger partial charge is 0.480 e. The molecule has 90 valence electrons. The Morgan fingerprint density at radius 3 is 3.12 bits per heavy atom. The van der Waals surface area contributed by atoms with E-state index < -0.39 is 0 Å². The fraction of sp³-hybridized carbons (Fsp3) is 0.462. The summed E-state index contributed by atoms with van der Waals surface area (Å²) in [5.74, 6) is 0.637. The topological polar surface area (TPSA) is 38.5 Å². The lowest BCUT2D eigenvalue weighted by Gasteiger charge is -2.19. The van der Waals surface area contributed by atoms with E-state index in [1.54, 1.807) is 13.4 Å². The van der Waals surface area contributed by atoms with Gasteiger partial charge in [-0.15, -0.1) is 0 Å². The molecule has 0 spiro atoms. The van der Waals surface area contributed by atoms with Crippen molar-refractivity contribution in [2.24, 2.45) is 0 Å². The molecular weight excluding hydrogens is 216 g/mol. The minimum absolute atomic E-state index is 0.419. The second-order valence-corrected chi connectivity index (χ2v) is 4.52. The number of pyridine rings is 1. The number of aromatic nitrogens is 1. The summed E-state index contributed by atoms with van der Waals surface area (Å²) < 4.78 is 10.9. The summed E-state index contributed by atoms with van der Waals surface area (Å²) in [5, 5.41) is 0.963. The van der Waals surface area contributed by atoms with Crippen LogP contribution in [0.5, 0.6) is 5.88 Å². The number of methoxy groups -OCH3 is 1. The molecule has 0 unspecified atom stereocenters. The lowest BCUT2D eigenvalue weighted by Crippen LogP contribution is -2.17. The second kappa shape index (κ2) is 4.04. The fourth-order valence-corrected chi connectivity index (χ4v) is 2.66.